The van der Waals surface area contributed by atoms with E-state index in [-0.39, 0.29) is 23.0 Å². The topological polar surface area (TPSA) is 60.2 Å². The molecule has 0 amide bonds. The molecule has 0 fully saturated rings. The fraction of sp³-hybridized carbons (Fsp3) is 0.0833. The van der Waals surface area contributed by atoms with Crippen LogP contribution in [0.25, 0.3) is 0 Å². The van der Waals surface area contributed by atoms with E-state index in [0.717, 1.165) is 12.1 Å². The van der Waals surface area contributed by atoms with Crippen LogP contribution in [0.5, 0.6) is 11.5 Å². The van der Waals surface area contributed by atoms with E-state index in [4.69, 9.17) is 10.5 Å². The molecule has 0 unspecified atom stereocenters. The van der Waals surface area contributed by atoms with Crippen LogP contribution < -0.4 is 15.8 Å². The molecule has 0 aliphatic heterocycles. The summed E-state index contributed by atoms with van der Waals surface area (Å²) in [6.07, 6.45) is 1.42. The Morgan fingerprint density at radius 3 is 2.67 bits per heavy atom. The van der Waals surface area contributed by atoms with Crippen molar-refractivity contribution in [1.82, 2.24) is 4.98 Å². The Morgan fingerprint density at radius 2 is 2.00 bits per heavy atom. The molecule has 0 atom stereocenters. The molecule has 0 bridgehead atoms. The van der Waals surface area contributed by atoms with Gasteiger partial charge in [-0.05, 0) is 6.07 Å². The van der Waals surface area contributed by atoms with Crippen molar-refractivity contribution in [2.24, 2.45) is 0 Å². The Bertz CT molecular complexity index is 575. The summed E-state index contributed by atoms with van der Waals surface area (Å²) in [5, 5.41) is 2.54. The molecule has 1 aromatic heterocycles. The van der Waals surface area contributed by atoms with Crippen molar-refractivity contribution in [1.29, 1.82) is 0 Å². The minimum atomic E-state index is -0.670. The van der Waals surface area contributed by atoms with Crippen molar-refractivity contribution in [2.75, 3.05) is 18.1 Å². The molecule has 0 aliphatic rings. The molecule has 0 spiro atoms. The van der Waals surface area contributed by atoms with Crippen LogP contribution in [0.1, 0.15) is 0 Å². The Kier molecular flexibility index (Phi) is 3.27. The van der Waals surface area contributed by atoms with Crippen molar-refractivity contribution < 1.29 is 13.5 Å². The quantitative estimate of drug-likeness (QED) is 0.880. The summed E-state index contributed by atoms with van der Waals surface area (Å²) in [4.78, 5) is 3.77. The van der Waals surface area contributed by atoms with Crippen LogP contribution >= 0.6 is 0 Å². The van der Waals surface area contributed by atoms with E-state index in [1.54, 1.807) is 0 Å². The Labute approximate surface area is 102 Å². The molecule has 4 nitrogen and oxygen atoms in total. The maximum Gasteiger partial charge on any atom is 0.167 e. The lowest BCUT2D eigenvalue weighted by Gasteiger charge is -2.09. The van der Waals surface area contributed by atoms with Gasteiger partial charge in [-0.1, -0.05) is 0 Å². The number of benzene rings is 1. The maximum atomic E-state index is 13.6. The van der Waals surface area contributed by atoms with Gasteiger partial charge >= 0.3 is 0 Å². The zero-order valence-corrected chi connectivity index (χ0v) is 9.58. The van der Waals surface area contributed by atoms with E-state index in [1.807, 2.05) is 0 Å². The largest absolute Gasteiger partial charge is 0.454 e. The average Bonchev–Trinajstić information content (AvgIpc) is 2.33. The highest BCUT2D eigenvalue weighted by Gasteiger charge is 2.11. The molecule has 0 radical (unpaired) electrons. The number of pyridine rings is 1. The molecule has 0 saturated carbocycles. The van der Waals surface area contributed by atoms with Crippen molar-refractivity contribution in [3.63, 3.8) is 0 Å². The number of anilines is 2. The van der Waals surface area contributed by atoms with Gasteiger partial charge in [-0.25, -0.2) is 13.8 Å². The first kappa shape index (κ1) is 12.1. The molecular weight excluding hydrogens is 240 g/mol. The molecule has 1 heterocycles. The van der Waals surface area contributed by atoms with Gasteiger partial charge in [-0.15, -0.1) is 0 Å². The summed E-state index contributed by atoms with van der Waals surface area (Å²) in [5.74, 6) is -0.956. The van der Waals surface area contributed by atoms with E-state index >= 15 is 0 Å². The van der Waals surface area contributed by atoms with Gasteiger partial charge in [-0.2, -0.15) is 0 Å². The van der Waals surface area contributed by atoms with E-state index in [1.165, 1.54) is 25.4 Å². The predicted octanol–water partition coefficient (Wildman–Crippen LogP) is 2.78. The Hall–Kier alpha value is -2.37. The molecule has 1 aromatic carbocycles. The van der Waals surface area contributed by atoms with Gasteiger partial charge in [-0.3, -0.25) is 0 Å². The summed E-state index contributed by atoms with van der Waals surface area (Å²) in [7, 11) is 1.50. The van der Waals surface area contributed by atoms with Gasteiger partial charge in [0, 0.05) is 31.4 Å². The summed E-state index contributed by atoms with van der Waals surface area (Å²) in [5.41, 5.74) is 5.52. The third-order valence-corrected chi connectivity index (χ3v) is 2.27. The summed E-state index contributed by atoms with van der Waals surface area (Å²) >= 11 is 0. The fourth-order valence-electron chi connectivity index (χ4n) is 1.42. The lowest BCUT2D eigenvalue weighted by Crippen LogP contribution is -1.97. The molecule has 2 rings (SSSR count). The first-order chi connectivity index (χ1) is 8.60. The highest BCUT2D eigenvalue weighted by molar-refractivity contribution is 5.49. The molecule has 3 N–H and O–H groups in total. The molecular formula is C12H11F2N3O. The summed E-state index contributed by atoms with van der Waals surface area (Å²) in [6.45, 7) is 0. The summed E-state index contributed by atoms with van der Waals surface area (Å²) in [6, 6.07) is 4.91. The number of nitrogens with zero attached hydrogens (tertiary/aromatic N) is 1. The molecule has 0 aliphatic carbocycles. The number of nitrogens with one attached hydrogen (secondary N) is 1. The summed E-state index contributed by atoms with van der Waals surface area (Å²) < 4.78 is 32.3. The Morgan fingerprint density at radius 1 is 1.22 bits per heavy atom. The second-order valence-electron chi connectivity index (χ2n) is 3.53. The SMILES string of the molecule is CNc1cc(F)c(Oc2ccnc(N)c2)cc1F. The number of halogens is 2. The molecule has 2 aromatic rings. The van der Waals surface area contributed by atoms with Crippen molar-refractivity contribution in [3.05, 3.63) is 42.1 Å². The van der Waals surface area contributed by atoms with Gasteiger partial charge in [0.05, 0.1) is 5.69 Å². The molecule has 18 heavy (non-hydrogen) atoms. The van der Waals surface area contributed by atoms with Crippen LogP contribution in [0.15, 0.2) is 30.5 Å². The number of nitrogen functional groups attached to an aromatic ring is 1. The van der Waals surface area contributed by atoms with Gasteiger partial charge in [0.2, 0.25) is 0 Å². The van der Waals surface area contributed by atoms with Gasteiger partial charge in [0.15, 0.2) is 11.6 Å². The smallest absolute Gasteiger partial charge is 0.167 e. The number of nitrogens with two attached hydrogens (primary N) is 1. The number of rotatable bonds is 3. The van der Waals surface area contributed by atoms with E-state index in [2.05, 4.69) is 10.3 Å². The van der Waals surface area contributed by atoms with E-state index < -0.39 is 11.6 Å². The monoisotopic (exact) mass is 251 g/mol. The zero-order chi connectivity index (χ0) is 13.1. The molecule has 0 saturated heterocycles. The lowest BCUT2D eigenvalue weighted by atomic mass is 10.2. The van der Waals surface area contributed by atoms with Gasteiger partial charge < -0.3 is 15.8 Å². The maximum absolute atomic E-state index is 13.6. The number of hydrogen-bond acceptors (Lipinski definition) is 4. The van der Waals surface area contributed by atoms with Crippen LogP contribution in [0.4, 0.5) is 20.3 Å². The van der Waals surface area contributed by atoms with E-state index in [9.17, 15) is 8.78 Å². The molecule has 6 heteroatoms. The van der Waals surface area contributed by atoms with Crippen LogP contribution in [-0.4, -0.2) is 12.0 Å². The van der Waals surface area contributed by atoms with Crippen molar-refractivity contribution in [2.45, 2.75) is 0 Å². The van der Waals surface area contributed by atoms with Crippen molar-refractivity contribution >= 4 is 11.5 Å². The first-order valence-electron chi connectivity index (χ1n) is 5.16. The van der Waals surface area contributed by atoms with Crippen molar-refractivity contribution in [3.8, 4) is 11.5 Å². The third-order valence-electron chi connectivity index (χ3n) is 2.27. The second-order valence-corrected chi connectivity index (χ2v) is 3.53. The normalized spacial score (nSPS) is 10.2. The highest BCUT2D eigenvalue weighted by atomic mass is 19.1. The number of ether oxygens (including phenoxy) is 1. The fourth-order valence-corrected chi connectivity index (χ4v) is 1.42. The number of aromatic nitrogens is 1. The molecule has 94 valence electrons. The van der Waals surface area contributed by atoms with Gasteiger partial charge in [0.25, 0.3) is 0 Å². The van der Waals surface area contributed by atoms with E-state index in [0.29, 0.717) is 0 Å². The highest BCUT2D eigenvalue weighted by Crippen LogP contribution is 2.29. The van der Waals surface area contributed by atoms with Crippen LogP contribution in [0.2, 0.25) is 0 Å². The first-order valence-corrected chi connectivity index (χ1v) is 5.16. The number of hydrogen-bond donors (Lipinski definition) is 2. The zero-order valence-electron chi connectivity index (χ0n) is 9.58. The third kappa shape index (κ3) is 2.48. The predicted molar refractivity (Wildman–Crippen MR) is 64.6 cm³/mol. The average molecular weight is 251 g/mol. The standard InChI is InChI=1S/C12H11F2N3O/c1-16-10-5-9(14)11(6-8(10)13)18-7-2-3-17-12(15)4-7/h2-6,16H,1H3,(H2,15,17). The van der Waals surface area contributed by atoms with Crippen LogP contribution in [-0.2, 0) is 0 Å². The minimum Gasteiger partial charge on any atom is -0.454 e. The van der Waals surface area contributed by atoms with Gasteiger partial charge in [0.1, 0.15) is 17.4 Å². The Balaban J connectivity index is 2.32. The minimum absolute atomic E-state index is 0.0640. The lowest BCUT2D eigenvalue weighted by molar-refractivity contribution is 0.437. The van der Waals surface area contributed by atoms with Crippen LogP contribution in [0, 0.1) is 11.6 Å². The van der Waals surface area contributed by atoms with Crippen LogP contribution in [0.3, 0.4) is 0 Å². The second kappa shape index (κ2) is 4.87.